The summed E-state index contributed by atoms with van der Waals surface area (Å²) in [5.41, 5.74) is 1.99. The first-order valence-corrected chi connectivity index (χ1v) is 7.64. The van der Waals surface area contributed by atoms with Crippen LogP contribution in [0.25, 0.3) is 10.1 Å². The maximum atomic E-state index is 12.6. The normalized spacial score (nSPS) is 10.9. The van der Waals surface area contributed by atoms with E-state index in [1.807, 2.05) is 35.0 Å². The Labute approximate surface area is 114 Å². The lowest BCUT2D eigenvalue weighted by atomic mass is 10.1. The molecular formula is C15H12OS2. The van der Waals surface area contributed by atoms with Crippen LogP contribution >= 0.6 is 22.7 Å². The van der Waals surface area contributed by atoms with Crippen molar-refractivity contribution in [1.82, 2.24) is 0 Å². The molecule has 0 N–H and O–H groups in total. The van der Waals surface area contributed by atoms with Gasteiger partial charge in [-0.15, -0.1) is 22.7 Å². The third-order valence-electron chi connectivity index (χ3n) is 3.06. The lowest BCUT2D eigenvalue weighted by Gasteiger charge is -2.00. The highest BCUT2D eigenvalue weighted by molar-refractivity contribution is 7.18. The summed E-state index contributed by atoms with van der Waals surface area (Å²) in [6.45, 7) is 2.09. The van der Waals surface area contributed by atoms with Gasteiger partial charge in [0.05, 0.1) is 4.88 Å². The third kappa shape index (κ3) is 1.80. The second-order valence-corrected chi connectivity index (χ2v) is 5.93. The predicted octanol–water partition coefficient (Wildman–Crippen LogP) is 4.76. The molecule has 0 bridgehead atoms. The Morgan fingerprint density at radius 3 is 2.83 bits per heavy atom. The van der Waals surface area contributed by atoms with Gasteiger partial charge < -0.3 is 0 Å². The molecule has 0 aliphatic heterocycles. The van der Waals surface area contributed by atoms with E-state index in [0.29, 0.717) is 0 Å². The summed E-state index contributed by atoms with van der Waals surface area (Å²) < 4.78 is 1.18. The molecule has 0 unspecified atom stereocenters. The van der Waals surface area contributed by atoms with Gasteiger partial charge in [0, 0.05) is 21.0 Å². The minimum Gasteiger partial charge on any atom is -0.288 e. The molecule has 1 aromatic carbocycles. The van der Waals surface area contributed by atoms with Gasteiger partial charge in [-0.3, -0.25) is 4.79 Å². The first kappa shape index (κ1) is 11.6. The number of hydrogen-bond acceptors (Lipinski definition) is 3. The number of ketones is 1. The van der Waals surface area contributed by atoms with Gasteiger partial charge in [-0.1, -0.05) is 25.1 Å². The van der Waals surface area contributed by atoms with Gasteiger partial charge >= 0.3 is 0 Å². The van der Waals surface area contributed by atoms with Crippen LogP contribution < -0.4 is 0 Å². The van der Waals surface area contributed by atoms with Crippen molar-refractivity contribution in [2.24, 2.45) is 0 Å². The average molecular weight is 272 g/mol. The number of hydrogen-bond donors (Lipinski definition) is 0. The maximum absolute atomic E-state index is 12.6. The van der Waals surface area contributed by atoms with Gasteiger partial charge in [0.15, 0.2) is 0 Å². The van der Waals surface area contributed by atoms with Crippen molar-refractivity contribution in [2.75, 3.05) is 0 Å². The highest BCUT2D eigenvalue weighted by Crippen LogP contribution is 2.30. The molecule has 0 spiro atoms. The fraction of sp³-hybridized carbons (Fsp3) is 0.133. The van der Waals surface area contributed by atoms with Crippen molar-refractivity contribution in [3.63, 3.8) is 0 Å². The van der Waals surface area contributed by atoms with Crippen LogP contribution in [0.5, 0.6) is 0 Å². The fourth-order valence-corrected chi connectivity index (χ4v) is 3.98. The van der Waals surface area contributed by atoms with Crippen molar-refractivity contribution in [3.05, 3.63) is 57.1 Å². The lowest BCUT2D eigenvalue weighted by molar-refractivity contribution is 0.104. The Kier molecular flexibility index (Phi) is 3.02. The molecule has 0 amide bonds. The van der Waals surface area contributed by atoms with E-state index in [4.69, 9.17) is 0 Å². The summed E-state index contributed by atoms with van der Waals surface area (Å²) in [6, 6.07) is 10.1. The number of rotatable bonds is 3. The van der Waals surface area contributed by atoms with E-state index in [1.165, 1.54) is 4.70 Å². The van der Waals surface area contributed by atoms with Crippen molar-refractivity contribution in [1.29, 1.82) is 0 Å². The number of aryl methyl sites for hydroxylation is 1. The highest BCUT2D eigenvalue weighted by atomic mass is 32.1. The second-order valence-electron chi connectivity index (χ2n) is 4.10. The van der Waals surface area contributed by atoms with E-state index in [9.17, 15) is 4.79 Å². The first-order chi connectivity index (χ1) is 8.81. The lowest BCUT2D eigenvalue weighted by Crippen LogP contribution is -2.00. The molecule has 3 rings (SSSR count). The summed E-state index contributed by atoms with van der Waals surface area (Å²) in [5.74, 6) is 0.166. The first-order valence-electron chi connectivity index (χ1n) is 5.88. The third-order valence-corrected chi connectivity index (χ3v) is 4.98. The van der Waals surface area contributed by atoms with E-state index < -0.39 is 0 Å². The summed E-state index contributed by atoms with van der Waals surface area (Å²) in [7, 11) is 0. The van der Waals surface area contributed by atoms with Crippen LogP contribution in [0.4, 0.5) is 0 Å². The summed E-state index contributed by atoms with van der Waals surface area (Å²) in [6.07, 6.45) is 0.909. The number of fused-ring (bicyclic) bond motifs is 1. The molecule has 1 nitrogen and oxygen atoms in total. The minimum absolute atomic E-state index is 0.166. The number of carbonyl (C=O) groups is 1. The van der Waals surface area contributed by atoms with Crippen LogP contribution in [0.15, 0.2) is 41.1 Å². The minimum atomic E-state index is 0.166. The number of benzene rings is 1. The van der Waals surface area contributed by atoms with Crippen LogP contribution in [-0.2, 0) is 6.42 Å². The van der Waals surface area contributed by atoms with E-state index in [2.05, 4.69) is 13.0 Å². The van der Waals surface area contributed by atoms with Crippen LogP contribution in [0.1, 0.15) is 27.7 Å². The monoisotopic (exact) mass is 272 g/mol. The van der Waals surface area contributed by atoms with E-state index in [0.717, 1.165) is 27.8 Å². The van der Waals surface area contributed by atoms with Gasteiger partial charge in [-0.05, 0) is 29.5 Å². The standard InChI is InChI=1S/C15H12OS2/c1-2-10-7-8-17-15(10)14(16)12-9-18-13-6-4-3-5-11(12)13/h3-9H,2H2,1H3. The van der Waals surface area contributed by atoms with Crippen molar-refractivity contribution < 1.29 is 4.79 Å². The van der Waals surface area contributed by atoms with E-state index in [1.54, 1.807) is 22.7 Å². The average Bonchev–Trinajstić information content (AvgIpc) is 3.04. The molecule has 3 heteroatoms. The van der Waals surface area contributed by atoms with E-state index >= 15 is 0 Å². The Morgan fingerprint density at radius 2 is 2.00 bits per heavy atom. The molecule has 18 heavy (non-hydrogen) atoms. The van der Waals surface area contributed by atoms with Crippen molar-refractivity contribution >= 4 is 38.5 Å². The van der Waals surface area contributed by atoms with Gasteiger partial charge in [-0.25, -0.2) is 0 Å². The predicted molar refractivity (Wildman–Crippen MR) is 79.0 cm³/mol. The summed E-state index contributed by atoms with van der Waals surface area (Å²) >= 11 is 3.18. The zero-order chi connectivity index (χ0) is 12.5. The molecule has 0 saturated heterocycles. The van der Waals surface area contributed by atoms with Crippen molar-refractivity contribution in [3.8, 4) is 0 Å². The van der Waals surface area contributed by atoms with Crippen LogP contribution in [-0.4, -0.2) is 5.78 Å². The zero-order valence-electron chi connectivity index (χ0n) is 9.97. The van der Waals surface area contributed by atoms with Gasteiger partial charge in [0.25, 0.3) is 0 Å². The Morgan fingerprint density at radius 1 is 1.17 bits per heavy atom. The Balaban J connectivity index is 2.13. The highest BCUT2D eigenvalue weighted by Gasteiger charge is 2.17. The van der Waals surface area contributed by atoms with Crippen LogP contribution in [0.2, 0.25) is 0 Å². The Hall–Kier alpha value is -1.45. The molecule has 2 heterocycles. The molecule has 0 saturated carbocycles. The number of carbonyl (C=O) groups excluding carboxylic acids is 1. The van der Waals surface area contributed by atoms with Crippen molar-refractivity contribution in [2.45, 2.75) is 13.3 Å². The SMILES string of the molecule is CCc1ccsc1C(=O)c1csc2ccccc12. The molecule has 0 aliphatic rings. The maximum Gasteiger partial charge on any atom is 0.204 e. The summed E-state index contributed by atoms with van der Waals surface area (Å²) in [4.78, 5) is 13.5. The van der Waals surface area contributed by atoms with Crippen LogP contribution in [0.3, 0.4) is 0 Å². The van der Waals surface area contributed by atoms with Crippen LogP contribution in [0, 0.1) is 0 Å². The molecule has 3 aromatic rings. The molecular weight excluding hydrogens is 260 g/mol. The Bertz CT molecular complexity index is 706. The zero-order valence-corrected chi connectivity index (χ0v) is 11.6. The second kappa shape index (κ2) is 4.67. The number of thiophene rings is 2. The molecule has 0 aliphatic carbocycles. The smallest absolute Gasteiger partial charge is 0.204 e. The molecule has 2 aromatic heterocycles. The van der Waals surface area contributed by atoms with Gasteiger partial charge in [0.1, 0.15) is 0 Å². The molecule has 0 radical (unpaired) electrons. The summed E-state index contributed by atoms with van der Waals surface area (Å²) in [5, 5.41) is 5.05. The topological polar surface area (TPSA) is 17.1 Å². The largest absolute Gasteiger partial charge is 0.288 e. The molecule has 90 valence electrons. The molecule has 0 atom stereocenters. The quantitative estimate of drug-likeness (QED) is 0.628. The van der Waals surface area contributed by atoms with Gasteiger partial charge in [0.2, 0.25) is 5.78 Å². The van der Waals surface area contributed by atoms with E-state index in [-0.39, 0.29) is 5.78 Å². The molecule has 0 fully saturated rings. The fourth-order valence-electron chi connectivity index (χ4n) is 2.09. The van der Waals surface area contributed by atoms with Gasteiger partial charge in [-0.2, -0.15) is 0 Å².